The van der Waals surface area contributed by atoms with Gasteiger partial charge in [-0.25, -0.2) is 0 Å². The van der Waals surface area contributed by atoms with Crippen LogP contribution in [0.2, 0.25) is 0 Å². The van der Waals surface area contributed by atoms with Gasteiger partial charge in [-0.05, 0) is 34.4 Å². The van der Waals surface area contributed by atoms with E-state index < -0.39 is 23.5 Å². The van der Waals surface area contributed by atoms with Gasteiger partial charge in [0.2, 0.25) is 0 Å². The van der Waals surface area contributed by atoms with Crippen LogP contribution in [0.5, 0.6) is 0 Å². The summed E-state index contributed by atoms with van der Waals surface area (Å²) in [6, 6.07) is 15.0. The third kappa shape index (κ3) is 7.34. The molecule has 1 aromatic heterocycles. The van der Waals surface area contributed by atoms with E-state index in [4.69, 9.17) is 9.90 Å². The van der Waals surface area contributed by atoms with Crippen molar-refractivity contribution in [3.8, 4) is 11.1 Å². The number of aliphatic hydroxyl groups is 1. The van der Waals surface area contributed by atoms with Gasteiger partial charge in [0, 0.05) is 57.2 Å². The Labute approximate surface area is 221 Å². The van der Waals surface area contributed by atoms with Crippen LogP contribution in [0.25, 0.3) is 11.1 Å². The number of benzene rings is 2. The minimum absolute atomic E-state index is 0.250. The Balaban J connectivity index is 0.00000134. The lowest BCUT2D eigenvalue weighted by Crippen LogP contribution is -2.53. The lowest BCUT2D eigenvalue weighted by atomic mass is 9.90. The number of rotatable bonds is 6. The first-order valence-corrected chi connectivity index (χ1v) is 11.9. The van der Waals surface area contributed by atoms with Crippen molar-refractivity contribution in [1.29, 1.82) is 0 Å². The van der Waals surface area contributed by atoms with Gasteiger partial charge in [0.25, 0.3) is 12.1 Å². The molecule has 0 bridgehead atoms. The fourth-order valence-corrected chi connectivity index (χ4v) is 4.30. The van der Waals surface area contributed by atoms with Crippen molar-refractivity contribution < 1.29 is 41.4 Å². The zero-order valence-corrected chi connectivity index (χ0v) is 20.7. The maximum Gasteiger partial charge on any atom is 0.430 e. The van der Waals surface area contributed by atoms with Crippen LogP contribution in [-0.4, -0.2) is 70.0 Å². The van der Waals surface area contributed by atoms with Crippen LogP contribution in [0.3, 0.4) is 0 Å². The molecule has 4 rings (SSSR count). The Kier molecular flexibility index (Phi) is 9.70. The minimum Gasteiger partial charge on any atom is -0.483 e. The number of hydrogen-bond donors (Lipinski definition) is 2. The van der Waals surface area contributed by atoms with Gasteiger partial charge in [-0.1, -0.05) is 48.5 Å². The van der Waals surface area contributed by atoms with E-state index in [0.717, 1.165) is 57.0 Å². The molecule has 12 heteroatoms. The first-order chi connectivity index (χ1) is 18.4. The second-order valence-corrected chi connectivity index (χ2v) is 8.99. The zero-order chi connectivity index (χ0) is 28.7. The molecule has 1 aliphatic rings. The molecular weight excluding hydrogens is 528 g/mol. The molecule has 0 unspecified atom stereocenters. The van der Waals surface area contributed by atoms with Crippen molar-refractivity contribution >= 4 is 6.47 Å². The number of carbonyl (C=O) groups is 1. The van der Waals surface area contributed by atoms with Crippen molar-refractivity contribution in [2.75, 3.05) is 26.2 Å². The Morgan fingerprint density at radius 1 is 0.692 bits per heavy atom. The molecule has 1 fully saturated rings. The van der Waals surface area contributed by atoms with Gasteiger partial charge in [-0.2, -0.15) is 26.3 Å². The molecule has 6 nitrogen and oxygen atoms in total. The average Bonchev–Trinajstić information content (AvgIpc) is 2.90. The Hall–Kier alpha value is -3.48. The van der Waals surface area contributed by atoms with Crippen LogP contribution in [-0.2, 0) is 23.5 Å². The second kappa shape index (κ2) is 12.6. The molecule has 0 saturated carbocycles. The van der Waals surface area contributed by atoms with E-state index in [9.17, 15) is 31.4 Å². The molecule has 2 heterocycles. The minimum atomic E-state index is -5.90. The van der Waals surface area contributed by atoms with Gasteiger partial charge in [0.1, 0.15) is 0 Å². The van der Waals surface area contributed by atoms with Crippen molar-refractivity contribution in [3.63, 3.8) is 0 Å². The monoisotopic (exact) mass is 555 g/mol. The molecule has 3 aromatic rings. The highest BCUT2D eigenvalue weighted by molar-refractivity contribution is 5.64. The fourth-order valence-electron chi connectivity index (χ4n) is 4.30. The van der Waals surface area contributed by atoms with Gasteiger partial charge in [0.15, 0.2) is 0 Å². The molecule has 39 heavy (non-hydrogen) atoms. The molecule has 1 saturated heterocycles. The van der Waals surface area contributed by atoms with Crippen molar-refractivity contribution in [2.45, 2.75) is 31.0 Å². The Bertz CT molecular complexity index is 1160. The Morgan fingerprint density at radius 3 is 1.44 bits per heavy atom. The number of carboxylic acid groups (broad SMARTS) is 1. The summed E-state index contributed by atoms with van der Waals surface area (Å²) in [4.78, 5) is 17.1. The summed E-state index contributed by atoms with van der Waals surface area (Å²) < 4.78 is 78.5. The predicted molar refractivity (Wildman–Crippen MR) is 131 cm³/mol. The van der Waals surface area contributed by atoms with Gasteiger partial charge in [-0.15, -0.1) is 0 Å². The zero-order valence-electron chi connectivity index (χ0n) is 20.7. The largest absolute Gasteiger partial charge is 0.483 e. The Morgan fingerprint density at radius 2 is 1.05 bits per heavy atom. The number of piperazine rings is 1. The van der Waals surface area contributed by atoms with E-state index in [2.05, 4.69) is 14.8 Å². The van der Waals surface area contributed by atoms with Gasteiger partial charge < -0.3 is 10.2 Å². The molecular formula is C27H27F6N3O3. The van der Waals surface area contributed by atoms with E-state index in [0.29, 0.717) is 23.3 Å². The highest BCUT2D eigenvalue weighted by atomic mass is 19.4. The first kappa shape index (κ1) is 30.1. The smallest absolute Gasteiger partial charge is 0.430 e. The van der Waals surface area contributed by atoms with Crippen molar-refractivity contribution in [1.82, 2.24) is 14.8 Å². The number of hydrogen-bond acceptors (Lipinski definition) is 5. The number of aromatic nitrogens is 1. The maximum atomic E-state index is 13.1. The van der Waals surface area contributed by atoms with Crippen LogP contribution >= 0.6 is 0 Å². The molecule has 1 aliphatic heterocycles. The highest BCUT2D eigenvalue weighted by Crippen LogP contribution is 2.50. The van der Waals surface area contributed by atoms with E-state index in [1.807, 2.05) is 24.3 Å². The predicted octanol–water partition coefficient (Wildman–Crippen LogP) is 5.08. The third-order valence-electron chi connectivity index (χ3n) is 6.44. The highest BCUT2D eigenvalue weighted by Gasteiger charge is 2.71. The van der Waals surface area contributed by atoms with Crippen LogP contribution < -0.4 is 0 Å². The molecule has 0 spiro atoms. The van der Waals surface area contributed by atoms with Gasteiger partial charge in [0.05, 0.1) is 0 Å². The summed E-state index contributed by atoms with van der Waals surface area (Å²) in [5.74, 6) is 0. The molecule has 2 aromatic carbocycles. The first-order valence-electron chi connectivity index (χ1n) is 11.9. The van der Waals surface area contributed by atoms with Crippen molar-refractivity contribution in [3.05, 3.63) is 89.7 Å². The van der Waals surface area contributed by atoms with Crippen LogP contribution in [0.1, 0.15) is 16.7 Å². The van der Waals surface area contributed by atoms with Gasteiger partial charge in [-0.3, -0.25) is 19.6 Å². The topological polar surface area (TPSA) is 76.9 Å². The average molecular weight is 556 g/mol. The molecule has 0 radical (unpaired) electrons. The fraction of sp³-hybridized carbons (Fsp3) is 0.333. The normalized spacial score (nSPS) is 15.4. The van der Waals surface area contributed by atoms with Crippen molar-refractivity contribution in [2.24, 2.45) is 0 Å². The summed E-state index contributed by atoms with van der Waals surface area (Å²) in [6.45, 7) is 5.08. The van der Waals surface area contributed by atoms with Crippen LogP contribution in [0.15, 0.2) is 73.1 Å². The standard InChI is InChI=1S/C26H25F6N3O.CH2O2/c27-25(28,29)24(36,26(30,31)32)23-7-5-22(6-8-23)21-3-1-19(2-4-21)17-34-13-15-35(16-14-34)18-20-9-11-33-12-10-20;2-1-3/h1-12,36H,13-18H2;1H,(H,2,3). The van der Waals surface area contributed by atoms with E-state index >= 15 is 0 Å². The van der Waals surface area contributed by atoms with Crippen LogP contribution in [0.4, 0.5) is 26.3 Å². The lowest BCUT2D eigenvalue weighted by molar-refractivity contribution is -0.376. The number of nitrogens with zero attached hydrogens (tertiary/aromatic N) is 3. The number of alkyl halides is 6. The second-order valence-electron chi connectivity index (χ2n) is 8.99. The summed E-state index contributed by atoms with van der Waals surface area (Å²) >= 11 is 0. The third-order valence-corrected chi connectivity index (χ3v) is 6.44. The quantitative estimate of drug-likeness (QED) is 0.327. The molecule has 210 valence electrons. The van der Waals surface area contributed by atoms with E-state index in [-0.39, 0.29) is 6.47 Å². The summed E-state index contributed by atoms with van der Waals surface area (Å²) in [5, 5.41) is 16.4. The summed E-state index contributed by atoms with van der Waals surface area (Å²) in [7, 11) is 0. The number of pyridine rings is 1. The van der Waals surface area contributed by atoms with E-state index in [1.54, 1.807) is 24.5 Å². The lowest BCUT2D eigenvalue weighted by Gasteiger charge is -2.34. The maximum absolute atomic E-state index is 13.1. The van der Waals surface area contributed by atoms with Gasteiger partial charge >= 0.3 is 12.4 Å². The molecule has 0 aliphatic carbocycles. The molecule has 2 N–H and O–H groups in total. The SMILES string of the molecule is O=CO.OC(c1ccc(-c2ccc(CN3CCN(Cc4ccncc4)CC3)cc2)cc1)(C(F)(F)F)C(F)(F)F. The summed E-state index contributed by atoms with van der Waals surface area (Å²) in [6.07, 6.45) is -8.24. The van der Waals surface area contributed by atoms with Crippen LogP contribution in [0, 0.1) is 0 Å². The molecule has 0 amide bonds. The molecule has 0 atom stereocenters. The van der Waals surface area contributed by atoms with E-state index in [1.165, 1.54) is 5.56 Å². The number of halogens is 6. The summed E-state index contributed by atoms with van der Waals surface area (Å²) in [5.41, 5.74) is -2.82.